The number of pyridine rings is 1. The van der Waals surface area contributed by atoms with Gasteiger partial charge >= 0.3 is 6.03 Å². The number of urea groups is 1. The zero-order valence-corrected chi connectivity index (χ0v) is 17.8. The van der Waals surface area contributed by atoms with Gasteiger partial charge in [-0.2, -0.15) is 0 Å². The normalized spacial score (nSPS) is 10.8. The summed E-state index contributed by atoms with van der Waals surface area (Å²) in [7, 11) is 0. The Morgan fingerprint density at radius 3 is 2.45 bits per heavy atom. The molecule has 0 radical (unpaired) electrons. The predicted molar refractivity (Wildman–Crippen MR) is 125 cm³/mol. The Morgan fingerprint density at radius 2 is 1.71 bits per heavy atom. The van der Waals surface area contributed by atoms with Gasteiger partial charge in [-0.1, -0.05) is 53.6 Å². The number of anilines is 1. The molecule has 0 saturated heterocycles. The van der Waals surface area contributed by atoms with Gasteiger partial charge in [0, 0.05) is 28.3 Å². The van der Waals surface area contributed by atoms with Gasteiger partial charge in [-0.05, 0) is 60.3 Å². The summed E-state index contributed by atoms with van der Waals surface area (Å²) in [5, 5.41) is 4.47. The lowest BCUT2D eigenvalue weighted by Gasteiger charge is -2.23. The molecule has 0 unspecified atom stereocenters. The number of nitrogens with zero attached hydrogens (tertiary/aromatic N) is 1. The zero-order valence-electron chi connectivity index (χ0n) is 17.1. The fraction of sp³-hybridized carbons (Fsp3) is 0.120. The Morgan fingerprint density at radius 1 is 0.968 bits per heavy atom. The van der Waals surface area contributed by atoms with E-state index in [0.29, 0.717) is 22.8 Å². The van der Waals surface area contributed by atoms with Crippen LogP contribution in [0.4, 0.5) is 10.5 Å². The number of rotatable bonds is 5. The van der Waals surface area contributed by atoms with Gasteiger partial charge in [0.05, 0.1) is 6.54 Å². The van der Waals surface area contributed by atoms with Gasteiger partial charge in [0.2, 0.25) is 0 Å². The Kier molecular flexibility index (Phi) is 6.05. The molecule has 156 valence electrons. The number of benzene rings is 3. The number of hydrogen-bond acceptors (Lipinski definition) is 2. The van der Waals surface area contributed by atoms with Crippen molar-refractivity contribution in [1.29, 1.82) is 0 Å². The van der Waals surface area contributed by atoms with Crippen molar-refractivity contribution in [2.45, 2.75) is 20.0 Å². The van der Waals surface area contributed by atoms with Gasteiger partial charge in [0.15, 0.2) is 0 Å². The molecule has 0 spiro atoms. The van der Waals surface area contributed by atoms with Crippen molar-refractivity contribution in [2.24, 2.45) is 0 Å². The molecule has 1 heterocycles. The van der Waals surface area contributed by atoms with Gasteiger partial charge in [0.1, 0.15) is 0 Å². The van der Waals surface area contributed by atoms with Crippen molar-refractivity contribution < 1.29 is 4.79 Å². The number of halogens is 1. The largest absolute Gasteiger partial charge is 0.322 e. The van der Waals surface area contributed by atoms with Gasteiger partial charge in [-0.15, -0.1) is 0 Å². The van der Waals surface area contributed by atoms with Crippen molar-refractivity contribution in [1.82, 2.24) is 9.88 Å². The molecule has 5 nitrogen and oxygen atoms in total. The van der Waals surface area contributed by atoms with Crippen LogP contribution in [0.5, 0.6) is 0 Å². The van der Waals surface area contributed by atoms with E-state index in [9.17, 15) is 9.59 Å². The number of para-hydroxylation sites is 1. The van der Waals surface area contributed by atoms with Crippen LogP contribution in [0.15, 0.2) is 83.7 Å². The Labute approximate surface area is 185 Å². The van der Waals surface area contributed by atoms with E-state index in [4.69, 9.17) is 11.6 Å². The molecule has 0 aliphatic heterocycles. The number of aromatic amines is 1. The quantitative estimate of drug-likeness (QED) is 0.424. The van der Waals surface area contributed by atoms with Gasteiger partial charge in [0.25, 0.3) is 5.56 Å². The van der Waals surface area contributed by atoms with Gasteiger partial charge < -0.3 is 15.2 Å². The Hall–Kier alpha value is -3.57. The lowest BCUT2D eigenvalue weighted by molar-refractivity contribution is 0.206. The van der Waals surface area contributed by atoms with Crippen LogP contribution in [0.3, 0.4) is 0 Å². The molecular formula is C25H22ClN3O2. The first-order chi connectivity index (χ1) is 15.0. The number of amides is 2. The van der Waals surface area contributed by atoms with E-state index in [1.54, 1.807) is 17.0 Å². The number of aryl methyl sites for hydroxylation is 1. The summed E-state index contributed by atoms with van der Waals surface area (Å²) in [6.45, 7) is 2.51. The summed E-state index contributed by atoms with van der Waals surface area (Å²) in [6, 6.07) is 24.0. The van der Waals surface area contributed by atoms with Crippen LogP contribution >= 0.6 is 11.6 Å². The van der Waals surface area contributed by atoms with Gasteiger partial charge in [-0.3, -0.25) is 4.79 Å². The van der Waals surface area contributed by atoms with E-state index >= 15 is 0 Å². The molecule has 1 aromatic heterocycles. The highest BCUT2D eigenvalue weighted by Gasteiger charge is 2.17. The minimum absolute atomic E-state index is 0.167. The molecular weight excluding hydrogens is 410 g/mol. The summed E-state index contributed by atoms with van der Waals surface area (Å²) >= 11 is 6.00. The van der Waals surface area contributed by atoms with Crippen molar-refractivity contribution in [3.05, 3.63) is 111 Å². The minimum atomic E-state index is -0.287. The summed E-state index contributed by atoms with van der Waals surface area (Å²) in [5.41, 5.74) is 3.81. The second-order valence-electron chi connectivity index (χ2n) is 7.49. The maximum Gasteiger partial charge on any atom is 0.322 e. The summed E-state index contributed by atoms with van der Waals surface area (Å²) < 4.78 is 0. The number of nitrogens with one attached hydrogen (secondary N) is 2. The van der Waals surface area contributed by atoms with Crippen molar-refractivity contribution in [2.75, 3.05) is 5.32 Å². The summed E-state index contributed by atoms with van der Waals surface area (Å²) in [5.74, 6) is 0. The smallest absolute Gasteiger partial charge is 0.322 e. The van der Waals surface area contributed by atoms with Crippen LogP contribution in [0.25, 0.3) is 10.9 Å². The minimum Gasteiger partial charge on any atom is -0.322 e. The molecule has 4 rings (SSSR count). The second-order valence-corrected chi connectivity index (χ2v) is 7.93. The van der Waals surface area contributed by atoms with E-state index in [1.165, 1.54) is 0 Å². The lowest BCUT2D eigenvalue weighted by Crippen LogP contribution is -2.35. The molecule has 31 heavy (non-hydrogen) atoms. The first-order valence-electron chi connectivity index (χ1n) is 9.96. The third kappa shape index (κ3) is 5.13. The van der Waals surface area contributed by atoms with E-state index in [0.717, 1.165) is 22.0 Å². The maximum atomic E-state index is 13.1. The highest BCUT2D eigenvalue weighted by Crippen LogP contribution is 2.17. The average Bonchev–Trinajstić information content (AvgIpc) is 2.76. The molecule has 0 aliphatic carbocycles. The summed E-state index contributed by atoms with van der Waals surface area (Å²) in [4.78, 5) is 30.3. The highest BCUT2D eigenvalue weighted by molar-refractivity contribution is 6.30. The van der Waals surface area contributed by atoms with Crippen molar-refractivity contribution in [3.8, 4) is 0 Å². The van der Waals surface area contributed by atoms with E-state index < -0.39 is 0 Å². The number of fused-ring (bicyclic) bond motifs is 1. The van der Waals surface area contributed by atoms with E-state index in [1.807, 2.05) is 73.7 Å². The van der Waals surface area contributed by atoms with Crippen molar-refractivity contribution >= 4 is 34.2 Å². The SMILES string of the molecule is Cc1ccc2[nH]c(=O)c(CN(Cc3ccc(Cl)cc3)C(=O)Nc3ccccc3)cc2c1. The number of carbonyl (C=O) groups is 1. The molecule has 0 aliphatic rings. The topological polar surface area (TPSA) is 65.2 Å². The van der Waals surface area contributed by atoms with Gasteiger partial charge in [-0.25, -0.2) is 4.79 Å². The van der Waals surface area contributed by atoms with Crippen LogP contribution in [0.2, 0.25) is 5.02 Å². The fourth-order valence-electron chi connectivity index (χ4n) is 3.43. The number of H-pyrrole nitrogens is 1. The fourth-order valence-corrected chi connectivity index (χ4v) is 3.55. The lowest BCUT2D eigenvalue weighted by atomic mass is 10.1. The molecule has 4 aromatic rings. The third-order valence-corrected chi connectivity index (χ3v) is 5.29. The molecule has 0 bridgehead atoms. The maximum absolute atomic E-state index is 13.1. The first kappa shape index (κ1) is 20.7. The predicted octanol–water partition coefficient (Wildman–Crippen LogP) is 5.72. The zero-order chi connectivity index (χ0) is 21.8. The van der Waals surface area contributed by atoms with Crippen molar-refractivity contribution in [3.63, 3.8) is 0 Å². The summed E-state index contributed by atoms with van der Waals surface area (Å²) in [6.07, 6.45) is 0. The monoisotopic (exact) mass is 431 g/mol. The van der Waals surface area contributed by atoms with Crippen LogP contribution < -0.4 is 10.9 Å². The molecule has 6 heteroatoms. The number of aromatic nitrogens is 1. The number of carbonyl (C=O) groups excluding carboxylic acids is 1. The molecule has 0 atom stereocenters. The van der Waals surface area contributed by atoms with E-state index in [2.05, 4.69) is 10.3 Å². The molecule has 2 N–H and O–H groups in total. The van der Waals surface area contributed by atoms with Crippen LogP contribution in [0.1, 0.15) is 16.7 Å². The van der Waals surface area contributed by atoms with Crippen LogP contribution in [0, 0.1) is 6.92 Å². The standard InChI is InChI=1S/C25H22ClN3O2/c1-17-7-12-23-19(13-17)14-20(24(30)28-23)16-29(15-18-8-10-21(26)11-9-18)25(31)27-22-5-3-2-4-6-22/h2-14H,15-16H2,1H3,(H,27,31)(H,28,30). The third-order valence-electron chi connectivity index (χ3n) is 5.04. The van der Waals surface area contributed by atoms with Crippen LogP contribution in [-0.4, -0.2) is 15.9 Å². The first-order valence-corrected chi connectivity index (χ1v) is 10.3. The molecule has 0 fully saturated rings. The Bertz CT molecular complexity index is 1270. The average molecular weight is 432 g/mol. The van der Waals surface area contributed by atoms with Crippen LogP contribution in [-0.2, 0) is 13.1 Å². The highest BCUT2D eigenvalue weighted by atomic mass is 35.5. The molecule has 2 amide bonds. The number of hydrogen-bond donors (Lipinski definition) is 2. The Balaban J connectivity index is 1.65. The molecule has 0 saturated carbocycles. The molecule has 3 aromatic carbocycles. The van der Waals surface area contributed by atoms with E-state index in [-0.39, 0.29) is 18.1 Å². The second kappa shape index (κ2) is 9.06.